The van der Waals surface area contributed by atoms with Gasteiger partial charge in [0.25, 0.3) is 0 Å². The molecule has 2 N–H and O–H groups in total. The second-order valence-corrected chi connectivity index (χ2v) is 8.57. The lowest BCUT2D eigenvalue weighted by Crippen LogP contribution is -2.39. The number of aliphatic imine (C=N–C) groups is 1. The Bertz CT molecular complexity index is 722. The summed E-state index contributed by atoms with van der Waals surface area (Å²) in [5, 5.41) is 9.01. The van der Waals surface area contributed by atoms with Gasteiger partial charge in [-0.15, -0.1) is 11.3 Å². The first kappa shape index (κ1) is 20.6. The predicted octanol–water partition coefficient (Wildman–Crippen LogP) is 4.07. The van der Waals surface area contributed by atoms with Gasteiger partial charge in [-0.3, -0.25) is 0 Å². The minimum atomic E-state index is 0.564. The molecular formula is C22H33N5S. The lowest BCUT2D eigenvalue weighted by Gasteiger charge is -2.27. The van der Waals surface area contributed by atoms with Crippen molar-refractivity contribution in [2.45, 2.75) is 46.1 Å². The molecule has 0 aromatic carbocycles. The summed E-state index contributed by atoms with van der Waals surface area (Å²) in [5.41, 5.74) is 1.21. The first-order valence-corrected chi connectivity index (χ1v) is 11.4. The number of thiophene rings is 1. The second kappa shape index (κ2) is 11.1. The van der Waals surface area contributed by atoms with E-state index in [9.17, 15) is 0 Å². The Morgan fingerprint density at radius 2 is 2.11 bits per heavy atom. The van der Waals surface area contributed by atoms with Gasteiger partial charge >= 0.3 is 0 Å². The smallest absolute Gasteiger partial charge is 0.191 e. The molecule has 3 rings (SSSR count). The molecule has 1 unspecified atom stereocenters. The van der Waals surface area contributed by atoms with E-state index in [1.54, 1.807) is 0 Å². The number of pyridine rings is 1. The van der Waals surface area contributed by atoms with E-state index in [1.807, 2.05) is 17.5 Å². The van der Waals surface area contributed by atoms with Crippen LogP contribution in [0.5, 0.6) is 0 Å². The van der Waals surface area contributed by atoms with E-state index in [-0.39, 0.29) is 0 Å². The van der Waals surface area contributed by atoms with Gasteiger partial charge in [-0.25, -0.2) is 9.98 Å². The largest absolute Gasteiger partial charge is 0.357 e. The highest BCUT2D eigenvalue weighted by Crippen LogP contribution is 2.18. The van der Waals surface area contributed by atoms with Gasteiger partial charge < -0.3 is 15.5 Å². The Hall–Kier alpha value is -2.08. The van der Waals surface area contributed by atoms with Crippen LogP contribution in [-0.4, -0.2) is 37.1 Å². The highest BCUT2D eigenvalue weighted by Gasteiger charge is 2.12. The van der Waals surface area contributed by atoms with Crippen LogP contribution in [0.25, 0.3) is 0 Å². The van der Waals surface area contributed by atoms with Gasteiger partial charge in [0.2, 0.25) is 0 Å². The van der Waals surface area contributed by atoms with E-state index in [0.29, 0.717) is 12.5 Å². The summed E-state index contributed by atoms with van der Waals surface area (Å²) in [4.78, 5) is 13.2. The Labute approximate surface area is 173 Å². The summed E-state index contributed by atoms with van der Waals surface area (Å²) < 4.78 is 0. The minimum Gasteiger partial charge on any atom is -0.357 e. The van der Waals surface area contributed by atoms with E-state index in [0.717, 1.165) is 44.4 Å². The molecule has 0 aliphatic carbocycles. The average Bonchev–Trinajstić information content (AvgIpc) is 3.24. The molecule has 3 heterocycles. The summed E-state index contributed by atoms with van der Waals surface area (Å²) in [7, 11) is 0. The van der Waals surface area contributed by atoms with E-state index in [2.05, 4.69) is 64.0 Å². The van der Waals surface area contributed by atoms with Crippen LogP contribution in [0.1, 0.15) is 43.6 Å². The second-order valence-electron chi connectivity index (χ2n) is 7.53. The lowest BCUT2D eigenvalue weighted by molar-refractivity contribution is 0.562. The Morgan fingerprint density at radius 1 is 1.25 bits per heavy atom. The molecule has 28 heavy (non-hydrogen) atoms. The fraction of sp³-hybridized carbons (Fsp3) is 0.545. The van der Waals surface area contributed by atoms with Crippen molar-refractivity contribution >= 4 is 23.1 Å². The topological polar surface area (TPSA) is 52.6 Å². The quantitative estimate of drug-likeness (QED) is 0.519. The van der Waals surface area contributed by atoms with Crippen molar-refractivity contribution in [3.8, 4) is 0 Å². The highest BCUT2D eigenvalue weighted by atomic mass is 32.1. The van der Waals surface area contributed by atoms with Crippen molar-refractivity contribution in [1.82, 2.24) is 15.6 Å². The minimum absolute atomic E-state index is 0.564. The van der Waals surface area contributed by atoms with Crippen molar-refractivity contribution in [1.29, 1.82) is 0 Å². The summed E-state index contributed by atoms with van der Waals surface area (Å²) in [6.07, 6.45) is 6.89. The number of aromatic nitrogens is 1. The number of hydrogen-bond acceptors (Lipinski definition) is 4. The van der Waals surface area contributed by atoms with Crippen molar-refractivity contribution < 1.29 is 0 Å². The highest BCUT2D eigenvalue weighted by molar-refractivity contribution is 7.09. The van der Waals surface area contributed by atoms with Crippen molar-refractivity contribution in [2.24, 2.45) is 10.9 Å². The number of hydrogen-bond donors (Lipinski definition) is 2. The van der Waals surface area contributed by atoms with Crippen LogP contribution in [0.3, 0.4) is 0 Å². The number of nitrogens with one attached hydrogen (secondary N) is 2. The van der Waals surface area contributed by atoms with Gasteiger partial charge in [0.05, 0.1) is 6.54 Å². The molecule has 0 saturated carbocycles. The van der Waals surface area contributed by atoms with Gasteiger partial charge in [0.1, 0.15) is 5.82 Å². The summed E-state index contributed by atoms with van der Waals surface area (Å²) >= 11 is 1.83. The lowest BCUT2D eigenvalue weighted by atomic mass is 10.1. The Balaban J connectivity index is 1.54. The third-order valence-corrected chi connectivity index (χ3v) is 5.90. The van der Waals surface area contributed by atoms with Crippen molar-refractivity contribution in [3.05, 3.63) is 46.3 Å². The molecule has 0 spiro atoms. The molecule has 1 aliphatic rings. The third kappa shape index (κ3) is 6.51. The third-order valence-electron chi connectivity index (χ3n) is 5.00. The van der Waals surface area contributed by atoms with Gasteiger partial charge in [-0.2, -0.15) is 0 Å². The predicted molar refractivity (Wildman–Crippen MR) is 120 cm³/mol. The molecule has 2 aromatic rings. The van der Waals surface area contributed by atoms with Gasteiger partial charge in [-0.1, -0.05) is 13.0 Å². The first-order valence-electron chi connectivity index (χ1n) is 10.5. The first-order chi connectivity index (χ1) is 13.7. The normalized spacial score (nSPS) is 16.1. The maximum atomic E-state index is 4.79. The zero-order valence-electron chi connectivity index (χ0n) is 17.2. The van der Waals surface area contributed by atoms with Crippen LogP contribution in [0, 0.1) is 5.92 Å². The molecule has 1 fully saturated rings. The zero-order valence-corrected chi connectivity index (χ0v) is 18.0. The number of piperidine rings is 1. The molecule has 1 aliphatic heterocycles. The monoisotopic (exact) mass is 399 g/mol. The number of rotatable bonds is 8. The molecule has 0 radical (unpaired) electrons. The fourth-order valence-electron chi connectivity index (χ4n) is 3.48. The molecule has 2 aromatic heterocycles. The summed E-state index contributed by atoms with van der Waals surface area (Å²) in [6, 6.07) is 8.60. The summed E-state index contributed by atoms with van der Waals surface area (Å²) in [5.74, 6) is 2.54. The summed E-state index contributed by atoms with van der Waals surface area (Å²) in [6.45, 7) is 9.06. The van der Waals surface area contributed by atoms with Gasteiger partial charge in [0, 0.05) is 37.3 Å². The van der Waals surface area contributed by atoms with Crippen LogP contribution >= 0.6 is 11.3 Å². The molecule has 5 nitrogen and oxygen atoms in total. The number of guanidine groups is 1. The Kier molecular flexibility index (Phi) is 8.15. The van der Waals surface area contributed by atoms with Crippen LogP contribution in [0.4, 0.5) is 5.82 Å². The van der Waals surface area contributed by atoms with E-state index >= 15 is 0 Å². The number of nitrogens with zero attached hydrogens (tertiary/aromatic N) is 3. The average molecular weight is 400 g/mol. The maximum absolute atomic E-state index is 4.79. The zero-order chi connectivity index (χ0) is 19.6. The molecular weight excluding hydrogens is 366 g/mol. The molecule has 0 amide bonds. The molecule has 1 atom stereocenters. The Morgan fingerprint density at radius 3 is 2.86 bits per heavy atom. The van der Waals surface area contributed by atoms with Crippen LogP contribution < -0.4 is 15.5 Å². The van der Waals surface area contributed by atoms with Gasteiger partial charge in [0.15, 0.2) is 5.96 Å². The van der Waals surface area contributed by atoms with E-state index < -0.39 is 0 Å². The number of anilines is 1. The van der Waals surface area contributed by atoms with E-state index in [4.69, 9.17) is 4.99 Å². The fourth-order valence-corrected chi connectivity index (χ4v) is 4.35. The molecule has 152 valence electrons. The molecule has 6 heteroatoms. The van der Waals surface area contributed by atoms with E-state index in [1.165, 1.54) is 29.7 Å². The molecule has 0 bridgehead atoms. The van der Waals surface area contributed by atoms with Crippen molar-refractivity contribution in [3.63, 3.8) is 0 Å². The van der Waals surface area contributed by atoms with Crippen LogP contribution in [-0.2, 0) is 13.0 Å². The van der Waals surface area contributed by atoms with Gasteiger partial charge in [-0.05, 0) is 67.7 Å². The molecule has 1 saturated heterocycles. The van der Waals surface area contributed by atoms with Crippen LogP contribution in [0.15, 0.2) is 40.8 Å². The maximum Gasteiger partial charge on any atom is 0.191 e. The van der Waals surface area contributed by atoms with Crippen molar-refractivity contribution in [2.75, 3.05) is 31.1 Å². The van der Waals surface area contributed by atoms with Crippen LogP contribution in [0.2, 0.25) is 0 Å². The SMILES string of the molecule is CCNC(=NCc1ccnc(N2CCCCC2)c1)NCC(C)Cc1cccs1. The standard InChI is InChI=1S/C22H33N5S/c1-3-23-22(25-16-18(2)14-20-8-7-13-28-20)26-17-19-9-10-24-21(15-19)27-11-5-4-6-12-27/h7-10,13,15,18H,3-6,11-12,14,16-17H2,1-2H3,(H2,23,25,26).